The van der Waals surface area contributed by atoms with E-state index in [-0.39, 0.29) is 0 Å². The molecule has 0 spiro atoms. The largest absolute Gasteiger partial charge is 0.322 e. The first-order chi connectivity index (χ1) is 10.2. The second-order valence-corrected chi connectivity index (χ2v) is 5.20. The Morgan fingerprint density at radius 2 is 1.62 bits per heavy atom. The van der Waals surface area contributed by atoms with E-state index >= 15 is 0 Å². The van der Waals surface area contributed by atoms with E-state index in [2.05, 4.69) is 5.32 Å². The first-order valence-corrected chi connectivity index (χ1v) is 7.03. The average molecular weight is 287 g/mol. The zero-order chi connectivity index (χ0) is 14.8. The van der Waals surface area contributed by atoms with E-state index in [0.29, 0.717) is 5.69 Å². The van der Waals surface area contributed by atoms with Gasteiger partial charge in [0.1, 0.15) is 17.2 Å². The number of fused-ring (bicyclic) bond motifs is 1. The summed E-state index contributed by atoms with van der Waals surface area (Å²) >= 11 is 0. The van der Waals surface area contributed by atoms with Gasteiger partial charge in [-0.25, -0.2) is 8.78 Å². The lowest BCUT2D eigenvalue weighted by molar-refractivity contribution is 0.101. The number of carbonyl (C=O) groups excluding carboxylic acids is 1. The van der Waals surface area contributed by atoms with Crippen LogP contribution in [0.4, 0.5) is 14.5 Å². The molecule has 108 valence electrons. The molecule has 3 rings (SSSR count). The van der Waals surface area contributed by atoms with Crippen LogP contribution in [-0.2, 0) is 12.8 Å². The van der Waals surface area contributed by atoms with Crippen molar-refractivity contribution in [3.8, 4) is 0 Å². The number of carbonyl (C=O) groups is 1. The first kappa shape index (κ1) is 13.7. The number of amides is 1. The van der Waals surface area contributed by atoms with Crippen molar-refractivity contribution in [2.45, 2.75) is 25.7 Å². The lowest BCUT2D eigenvalue weighted by atomic mass is 9.90. The number of hydrogen-bond acceptors (Lipinski definition) is 1. The van der Waals surface area contributed by atoms with Crippen LogP contribution in [0.3, 0.4) is 0 Å². The van der Waals surface area contributed by atoms with Crippen LogP contribution >= 0.6 is 0 Å². The number of nitrogens with one attached hydrogen (secondary N) is 1. The van der Waals surface area contributed by atoms with Gasteiger partial charge in [0.2, 0.25) is 0 Å². The Morgan fingerprint density at radius 3 is 2.38 bits per heavy atom. The molecule has 1 N–H and O–H groups in total. The molecule has 2 nitrogen and oxygen atoms in total. The van der Waals surface area contributed by atoms with Crippen molar-refractivity contribution in [2.24, 2.45) is 0 Å². The van der Waals surface area contributed by atoms with Gasteiger partial charge in [0, 0.05) is 5.69 Å². The highest BCUT2D eigenvalue weighted by Gasteiger charge is 2.19. The number of anilines is 1. The molecule has 4 heteroatoms. The van der Waals surface area contributed by atoms with E-state index in [4.69, 9.17) is 0 Å². The molecule has 2 aromatic rings. The van der Waals surface area contributed by atoms with Gasteiger partial charge in [0.05, 0.1) is 0 Å². The van der Waals surface area contributed by atoms with Crippen LogP contribution in [0.5, 0.6) is 0 Å². The Bertz CT molecular complexity index is 677. The summed E-state index contributed by atoms with van der Waals surface area (Å²) in [5, 5.41) is 2.65. The molecule has 1 amide bonds. The molecular weight excluding hydrogens is 272 g/mol. The Morgan fingerprint density at radius 1 is 0.952 bits per heavy atom. The van der Waals surface area contributed by atoms with Gasteiger partial charge in [-0.05, 0) is 55.0 Å². The topological polar surface area (TPSA) is 29.1 Å². The van der Waals surface area contributed by atoms with Gasteiger partial charge in [-0.15, -0.1) is 0 Å². The van der Waals surface area contributed by atoms with Gasteiger partial charge in [0.25, 0.3) is 5.91 Å². The molecule has 0 atom stereocenters. The second kappa shape index (κ2) is 5.64. The summed E-state index contributed by atoms with van der Waals surface area (Å²) in [6, 6.07) is 9.08. The molecule has 0 radical (unpaired) electrons. The highest BCUT2D eigenvalue weighted by molar-refractivity contribution is 6.05. The number of benzene rings is 2. The third-order valence-electron chi connectivity index (χ3n) is 3.83. The molecule has 1 aliphatic rings. The summed E-state index contributed by atoms with van der Waals surface area (Å²) in [6.45, 7) is 0. The van der Waals surface area contributed by atoms with Crippen molar-refractivity contribution in [3.05, 3.63) is 64.7 Å². The summed E-state index contributed by atoms with van der Waals surface area (Å²) in [5.74, 6) is -2.45. The van der Waals surface area contributed by atoms with Crippen molar-refractivity contribution in [1.29, 1.82) is 0 Å². The predicted molar refractivity (Wildman–Crippen MR) is 77.4 cm³/mol. The van der Waals surface area contributed by atoms with E-state index in [1.807, 2.05) is 12.1 Å². The minimum atomic E-state index is -0.850. The number of aryl methyl sites for hydroxylation is 1. The molecule has 0 aliphatic heterocycles. The van der Waals surface area contributed by atoms with E-state index < -0.39 is 23.1 Å². The third kappa shape index (κ3) is 2.66. The third-order valence-corrected chi connectivity index (χ3v) is 3.83. The summed E-state index contributed by atoms with van der Waals surface area (Å²) in [6.07, 6.45) is 4.05. The molecule has 0 aromatic heterocycles. The zero-order valence-electron chi connectivity index (χ0n) is 11.5. The molecule has 0 bridgehead atoms. The van der Waals surface area contributed by atoms with Gasteiger partial charge in [-0.1, -0.05) is 18.2 Å². The van der Waals surface area contributed by atoms with Crippen LogP contribution in [-0.4, -0.2) is 5.91 Å². The fourth-order valence-electron chi connectivity index (χ4n) is 2.80. The maximum Gasteiger partial charge on any atom is 0.261 e. The first-order valence-electron chi connectivity index (χ1n) is 7.03. The number of hydrogen-bond donors (Lipinski definition) is 1. The van der Waals surface area contributed by atoms with Gasteiger partial charge >= 0.3 is 0 Å². The Balaban J connectivity index is 1.92. The molecule has 0 unspecified atom stereocenters. The molecular formula is C17H15F2NO. The second-order valence-electron chi connectivity index (χ2n) is 5.20. The van der Waals surface area contributed by atoms with E-state index in [9.17, 15) is 13.6 Å². The van der Waals surface area contributed by atoms with E-state index in [1.165, 1.54) is 11.6 Å². The molecule has 0 heterocycles. The van der Waals surface area contributed by atoms with Gasteiger partial charge in [-0.2, -0.15) is 0 Å². The van der Waals surface area contributed by atoms with Gasteiger partial charge < -0.3 is 5.32 Å². The van der Waals surface area contributed by atoms with Gasteiger partial charge in [0.15, 0.2) is 0 Å². The van der Waals surface area contributed by atoms with E-state index in [1.54, 1.807) is 6.07 Å². The summed E-state index contributed by atoms with van der Waals surface area (Å²) in [7, 11) is 0. The van der Waals surface area contributed by atoms with Crippen molar-refractivity contribution in [1.82, 2.24) is 0 Å². The SMILES string of the molecule is O=C(Nc1cccc2c1CCCC2)c1c(F)cccc1F. The van der Waals surface area contributed by atoms with Crippen LogP contribution < -0.4 is 5.32 Å². The quantitative estimate of drug-likeness (QED) is 0.885. The lowest BCUT2D eigenvalue weighted by Gasteiger charge is -2.19. The van der Waals surface area contributed by atoms with Crippen molar-refractivity contribution in [3.63, 3.8) is 0 Å². The Kier molecular flexibility index (Phi) is 3.69. The molecule has 0 fully saturated rings. The monoisotopic (exact) mass is 287 g/mol. The minimum absolute atomic E-state index is 0.536. The number of rotatable bonds is 2. The Hall–Kier alpha value is -2.23. The van der Waals surface area contributed by atoms with Crippen LogP contribution in [0.2, 0.25) is 0 Å². The Labute approximate surface area is 121 Å². The molecule has 2 aromatic carbocycles. The minimum Gasteiger partial charge on any atom is -0.322 e. The summed E-state index contributed by atoms with van der Waals surface area (Å²) < 4.78 is 27.3. The average Bonchev–Trinajstić information content (AvgIpc) is 2.47. The van der Waals surface area contributed by atoms with Gasteiger partial charge in [-0.3, -0.25) is 4.79 Å². The number of halogens is 2. The van der Waals surface area contributed by atoms with Crippen molar-refractivity contribution in [2.75, 3.05) is 5.32 Å². The smallest absolute Gasteiger partial charge is 0.261 e. The van der Waals surface area contributed by atoms with Crippen LogP contribution in [0.25, 0.3) is 0 Å². The van der Waals surface area contributed by atoms with Crippen LogP contribution in [0.15, 0.2) is 36.4 Å². The highest BCUT2D eigenvalue weighted by Crippen LogP contribution is 2.28. The molecule has 0 saturated carbocycles. The van der Waals surface area contributed by atoms with Crippen LogP contribution in [0.1, 0.15) is 34.3 Å². The predicted octanol–water partition coefficient (Wildman–Crippen LogP) is 4.10. The molecule has 0 saturated heterocycles. The molecule has 21 heavy (non-hydrogen) atoms. The maximum atomic E-state index is 13.6. The van der Waals surface area contributed by atoms with Crippen molar-refractivity contribution >= 4 is 11.6 Å². The standard InChI is InChI=1S/C17H15F2NO/c18-13-8-4-9-14(19)16(13)17(21)20-15-10-3-6-11-5-1-2-7-12(11)15/h3-4,6,8-10H,1-2,5,7H2,(H,20,21). The fourth-order valence-corrected chi connectivity index (χ4v) is 2.80. The maximum absolute atomic E-state index is 13.6. The zero-order valence-corrected chi connectivity index (χ0v) is 11.5. The fraction of sp³-hybridized carbons (Fsp3) is 0.235. The summed E-state index contributed by atoms with van der Waals surface area (Å²) in [4.78, 5) is 12.2. The van der Waals surface area contributed by atoms with E-state index in [0.717, 1.165) is 43.4 Å². The van der Waals surface area contributed by atoms with Crippen molar-refractivity contribution < 1.29 is 13.6 Å². The summed E-state index contributed by atoms with van der Waals surface area (Å²) in [5.41, 5.74) is 2.40. The lowest BCUT2D eigenvalue weighted by Crippen LogP contribution is -2.18. The highest BCUT2D eigenvalue weighted by atomic mass is 19.1. The van der Waals surface area contributed by atoms with Crippen LogP contribution in [0, 0.1) is 11.6 Å². The normalized spacial score (nSPS) is 13.6. The molecule has 1 aliphatic carbocycles.